The van der Waals surface area contributed by atoms with Crippen molar-refractivity contribution < 1.29 is 14.3 Å². The number of rotatable bonds is 6. The topological polar surface area (TPSA) is 58.6 Å². The van der Waals surface area contributed by atoms with Crippen molar-refractivity contribution in [2.75, 3.05) is 23.9 Å². The fraction of sp³-hybridized carbons (Fsp3) is 0.300. The van der Waals surface area contributed by atoms with E-state index >= 15 is 0 Å². The molecule has 0 radical (unpaired) electrons. The van der Waals surface area contributed by atoms with Crippen LogP contribution >= 0.6 is 11.6 Å². The summed E-state index contributed by atoms with van der Waals surface area (Å²) in [5.74, 6) is -0.0998. The van der Waals surface area contributed by atoms with Gasteiger partial charge in [-0.1, -0.05) is 36.7 Å². The first-order valence-corrected chi connectivity index (χ1v) is 8.75. The maximum absolute atomic E-state index is 12.5. The lowest BCUT2D eigenvalue weighted by Crippen LogP contribution is -2.37. The maximum Gasteiger partial charge on any atom is 0.244 e. The summed E-state index contributed by atoms with van der Waals surface area (Å²) in [5, 5.41) is 3.42. The number of carbonyl (C=O) groups excluding carboxylic acids is 2. The van der Waals surface area contributed by atoms with E-state index in [9.17, 15) is 9.59 Å². The quantitative estimate of drug-likeness (QED) is 0.823. The number of para-hydroxylation sites is 1. The number of carbonyl (C=O) groups is 2. The monoisotopic (exact) mass is 374 g/mol. The van der Waals surface area contributed by atoms with Gasteiger partial charge >= 0.3 is 0 Å². The summed E-state index contributed by atoms with van der Waals surface area (Å²) in [6, 6.07) is 11.0. The number of benzene rings is 2. The van der Waals surface area contributed by atoms with Gasteiger partial charge in [0.1, 0.15) is 12.3 Å². The van der Waals surface area contributed by atoms with E-state index < -0.39 is 0 Å². The number of methoxy groups -OCH3 is 1. The van der Waals surface area contributed by atoms with E-state index in [2.05, 4.69) is 5.32 Å². The van der Waals surface area contributed by atoms with Crippen LogP contribution in [-0.2, 0) is 16.0 Å². The molecule has 0 aliphatic heterocycles. The van der Waals surface area contributed by atoms with E-state index in [0.717, 1.165) is 23.2 Å². The van der Waals surface area contributed by atoms with E-state index in [0.29, 0.717) is 16.5 Å². The van der Waals surface area contributed by atoms with Crippen molar-refractivity contribution in [3.05, 3.63) is 52.5 Å². The highest BCUT2D eigenvalue weighted by atomic mass is 35.5. The number of ether oxygens (including phenoxy) is 1. The lowest BCUT2D eigenvalue weighted by Gasteiger charge is -2.24. The third-order valence-corrected chi connectivity index (χ3v) is 4.51. The van der Waals surface area contributed by atoms with Gasteiger partial charge in [0.25, 0.3) is 0 Å². The van der Waals surface area contributed by atoms with E-state index in [1.807, 2.05) is 38.1 Å². The van der Waals surface area contributed by atoms with Gasteiger partial charge in [-0.05, 0) is 36.6 Å². The van der Waals surface area contributed by atoms with Crippen LogP contribution in [0.25, 0.3) is 0 Å². The first-order chi connectivity index (χ1) is 12.4. The zero-order valence-electron chi connectivity index (χ0n) is 15.4. The molecule has 0 atom stereocenters. The van der Waals surface area contributed by atoms with Gasteiger partial charge < -0.3 is 10.1 Å². The predicted molar refractivity (Wildman–Crippen MR) is 105 cm³/mol. The van der Waals surface area contributed by atoms with Crippen LogP contribution in [0.15, 0.2) is 36.4 Å². The fourth-order valence-electron chi connectivity index (χ4n) is 2.67. The SMILES string of the molecule is CCc1ccccc1NC(=O)CN(C(C)=O)c1cc(C)c(Cl)cc1OC. The first kappa shape index (κ1) is 19.8. The number of hydrogen-bond donors (Lipinski definition) is 1. The molecule has 6 heteroatoms. The number of amides is 2. The molecule has 2 rings (SSSR count). The molecular weight excluding hydrogens is 352 g/mol. The molecular formula is C20H23ClN2O3. The molecule has 0 aliphatic carbocycles. The van der Waals surface area contributed by atoms with Gasteiger partial charge in [-0.25, -0.2) is 0 Å². The highest BCUT2D eigenvalue weighted by Gasteiger charge is 2.21. The standard InChI is InChI=1S/C20H23ClN2O3/c1-5-15-8-6-7-9-17(15)22-20(25)12-23(14(3)24)18-10-13(2)16(21)11-19(18)26-4/h6-11H,5,12H2,1-4H3,(H,22,25). The van der Waals surface area contributed by atoms with Crippen molar-refractivity contribution in [3.63, 3.8) is 0 Å². The molecule has 2 aromatic rings. The molecule has 0 bridgehead atoms. The van der Waals surface area contributed by atoms with Crippen molar-refractivity contribution in [3.8, 4) is 5.75 Å². The van der Waals surface area contributed by atoms with E-state index in [-0.39, 0.29) is 18.4 Å². The Kier molecular flexibility index (Phi) is 6.64. The van der Waals surface area contributed by atoms with Crippen molar-refractivity contribution >= 4 is 34.8 Å². The second-order valence-electron chi connectivity index (χ2n) is 5.94. The lowest BCUT2D eigenvalue weighted by atomic mass is 10.1. The van der Waals surface area contributed by atoms with Crippen LogP contribution in [0.2, 0.25) is 5.02 Å². The molecule has 2 amide bonds. The molecule has 1 N–H and O–H groups in total. The summed E-state index contributed by atoms with van der Waals surface area (Å²) in [5.41, 5.74) is 3.10. The molecule has 5 nitrogen and oxygen atoms in total. The Labute approximate surface area is 158 Å². The third-order valence-electron chi connectivity index (χ3n) is 4.11. The second-order valence-corrected chi connectivity index (χ2v) is 6.34. The molecule has 0 fully saturated rings. The molecule has 138 valence electrons. The summed E-state index contributed by atoms with van der Waals surface area (Å²) in [6.07, 6.45) is 0.803. The smallest absolute Gasteiger partial charge is 0.244 e. The molecule has 0 unspecified atom stereocenters. The first-order valence-electron chi connectivity index (χ1n) is 8.37. The molecule has 0 saturated carbocycles. The Balaban J connectivity index is 2.28. The van der Waals surface area contributed by atoms with Crippen molar-refractivity contribution in [2.24, 2.45) is 0 Å². The normalized spacial score (nSPS) is 10.3. The summed E-state index contributed by atoms with van der Waals surface area (Å²) < 4.78 is 5.34. The summed E-state index contributed by atoms with van der Waals surface area (Å²) in [4.78, 5) is 26.1. The minimum absolute atomic E-state index is 0.120. The van der Waals surface area contributed by atoms with Gasteiger partial charge in [0.15, 0.2) is 0 Å². The Morgan fingerprint density at radius 1 is 1.23 bits per heavy atom. The molecule has 0 spiro atoms. The van der Waals surface area contributed by atoms with Gasteiger partial charge in [0, 0.05) is 23.7 Å². The average molecular weight is 375 g/mol. The lowest BCUT2D eigenvalue weighted by molar-refractivity contribution is -0.120. The number of halogens is 1. The summed E-state index contributed by atoms with van der Waals surface area (Å²) >= 11 is 6.13. The number of nitrogens with zero attached hydrogens (tertiary/aromatic N) is 1. The fourth-order valence-corrected chi connectivity index (χ4v) is 2.83. The van der Waals surface area contributed by atoms with Crippen LogP contribution in [0.3, 0.4) is 0 Å². The van der Waals surface area contributed by atoms with Crippen LogP contribution in [-0.4, -0.2) is 25.5 Å². The van der Waals surface area contributed by atoms with E-state index in [1.165, 1.54) is 18.9 Å². The zero-order valence-corrected chi connectivity index (χ0v) is 16.2. The average Bonchev–Trinajstić information content (AvgIpc) is 2.62. The van der Waals surface area contributed by atoms with Crippen LogP contribution in [0, 0.1) is 6.92 Å². The third kappa shape index (κ3) is 4.55. The Hall–Kier alpha value is -2.53. The van der Waals surface area contributed by atoms with Crippen LogP contribution in [0.5, 0.6) is 5.75 Å². The number of anilines is 2. The minimum atomic E-state index is -0.282. The van der Waals surface area contributed by atoms with Gasteiger partial charge in [0.05, 0.1) is 12.8 Å². The van der Waals surface area contributed by atoms with Gasteiger partial charge in [-0.3, -0.25) is 14.5 Å². The Morgan fingerprint density at radius 3 is 2.54 bits per heavy atom. The van der Waals surface area contributed by atoms with Crippen LogP contribution in [0.4, 0.5) is 11.4 Å². The van der Waals surface area contributed by atoms with Gasteiger partial charge in [0.2, 0.25) is 11.8 Å². The van der Waals surface area contributed by atoms with Crippen molar-refractivity contribution in [2.45, 2.75) is 27.2 Å². The highest BCUT2D eigenvalue weighted by molar-refractivity contribution is 6.31. The van der Waals surface area contributed by atoms with Crippen molar-refractivity contribution in [1.82, 2.24) is 0 Å². The summed E-state index contributed by atoms with van der Waals surface area (Å²) in [7, 11) is 1.50. The number of hydrogen-bond acceptors (Lipinski definition) is 3. The number of aryl methyl sites for hydroxylation is 2. The largest absolute Gasteiger partial charge is 0.495 e. The van der Waals surface area contributed by atoms with E-state index in [4.69, 9.17) is 16.3 Å². The van der Waals surface area contributed by atoms with Gasteiger partial charge in [-0.2, -0.15) is 0 Å². The molecule has 0 aliphatic rings. The van der Waals surface area contributed by atoms with Crippen molar-refractivity contribution in [1.29, 1.82) is 0 Å². The molecule has 2 aromatic carbocycles. The van der Waals surface area contributed by atoms with E-state index in [1.54, 1.807) is 12.1 Å². The zero-order chi connectivity index (χ0) is 19.3. The predicted octanol–water partition coefficient (Wildman–Crippen LogP) is 4.21. The Morgan fingerprint density at radius 2 is 1.92 bits per heavy atom. The number of nitrogens with one attached hydrogen (secondary N) is 1. The summed E-state index contributed by atoms with van der Waals surface area (Å²) in [6.45, 7) is 5.15. The van der Waals surface area contributed by atoms with Gasteiger partial charge in [-0.15, -0.1) is 0 Å². The molecule has 0 aromatic heterocycles. The highest BCUT2D eigenvalue weighted by Crippen LogP contribution is 2.34. The molecule has 0 heterocycles. The van der Waals surface area contributed by atoms with Crippen LogP contribution < -0.4 is 15.0 Å². The maximum atomic E-state index is 12.5. The second kappa shape index (κ2) is 8.72. The Bertz CT molecular complexity index is 821. The minimum Gasteiger partial charge on any atom is -0.495 e. The molecule has 0 saturated heterocycles. The molecule has 26 heavy (non-hydrogen) atoms. The van der Waals surface area contributed by atoms with Crippen LogP contribution in [0.1, 0.15) is 25.0 Å².